The van der Waals surface area contributed by atoms with E-state index in [4.69, 9.17) is 11.0 Å². The maximum atomic E-state index is 11.1. The van der Waals surface area contributed by atoms with Crippen molar-refractivity contribution in [3.8, 4) is 6.07 Å². The van der Waals surface area contributed by atoms with Gasteiger partial charge in [-0.3, -0.25) is 9.78 Å². The Labute approximate surface area is 110 Å². The number of aromatic nitrogens is 1. The first-order valence-corrected chi connectivity index (χ1v) is 5.61. The van der Waals surface area contributed by atoms with Crippen LogP contribution in [-0.4, -0.2) is 17.9 Å². The summed E-state index contributed by atoms with van der Waals surface area (Å²) in [7, 11) is 1.84. The highest BCUT2D eigenvalue weighted by atomic mass is 16.1. The van der Waals surface area contributed by atoms with Gasteiger partial charge in [-0.25, -0.2) is 0 Å². The highest BCUT2D eigenvalue weighted by molar-refractivity contribution is 5.91. The summed E-state index contributed by atoms with van der Waals surface area (Å²) in [5.41, 5.74) is 7.62. The van der Waals surface area contributed by atoms with Gasteiger partial charge in [-0.15, -0.1) is 0 Å². The summed E-state index contributed by atoms with van der Waals surface area (Å²) < 4.78 is 0. The first kappa shape index (κ1) is 12.6. The third-order valence-electron chi connectivity index (χ3n) is 2.75. The number of nitriles is 1. The van der Waals surface area contributed by atoms with E-state index in [1.54, 1.807) is 30.3 Å². The van der Waals surface area contributed by atoms with Crippen molar-refractivity contribution in [2.45, 2.75) is 0 Å². The molecule has 5 nitrogen and oxygen atoms in total. The summed E-state index contributed by atoms with van der Waals surface area (Å²) >= 11 is 0. The Morgan fingerprint density at radius 1 is 1.32 bits per heavy atom. The summed E-state index contributed by atoms with van der Waals surface area (Å²) in [6.45, 7) is 0. The number of carbonyl (C=O) groups excluding carboxylic acids is 1. The highest BCUT2D eigenvalue weighted by Crippen LogP contribution is 2.24. The van der Waals surface area contributed by atoms with E-state index in [1.807, 2.05) is 18.0 Å². The van der Waals surface area contributed by atoms with E-state index >= 15 is 0 Å². The zero-order valence-corrected chi connectivity index (χ0v) is 10.4. The number of benzene rings is 1. The number of carbonyl (C=O) groups is 1. The molecule has 1 amide bonds. The van der Waals surface area contributed by atoms with Crippen LogP contribution in [0.15, 0.2) is 42.6 Å². The van der Waals surface area contributed by atoms with Crippen LogP contribution in [0.3, 0.4) is 0 Å². The molecule has 0 aliphatic rings. The van der Waals surface area contributed by atoms with E-state index < -0.39 is 5.91 Å². The predicted octanol–water partition coefficient (Wildman–Crippen LogP) is 1.82. The van der Waals surface area contributed by atoms with Crippen molar-refractivity contribution in [3.05, 3.63) is 53.9 Å². The lowest BCUT2D eigenvalue weighted by atomic mass is 10.2. The fraction of sp³-hybridized carbons (Fsp3) is 0.0714. The number of nitrogens with zero attached hydrogens (tertiary/aromatic N) is 3. The fourth-order valence-electron chi connectivity index (χ4n) is 1.70. The predicted molar refractivity (Wildman–Crippen MR) is 72.0 cm³/mol. The number of hydrogen-bond donors (Lipinski definition) is 1. The van der Waals surface area contributed by atoms with E-state index in [1.165, 1.54) is 6.20 Å². The van der Waals surface area contributed by atoms with E-state index in [9.17, 15) is 4.79 Å². The van der Waals surface area contributed by atoms with Gasteiger partial charge in [0, 0.05) is 24.6 Å². The van der Waals surface area contributed by atoms with Crippen LogP contribution in [0.1, 0.15) is 16.1 Å². The number of hydrogen-bond acceptors (Lipinski definition) is 4. The van der Waals surface area contributed by atoms with Crippen molar-refractivity contribution < 1.29 is 4.79 Å². The van der Waals surface area contributed by atoms with Crippen LogP contribution in [0, 0.1) is 11.3 Å². The van der Waals surface area contributed by atoms with Gasteiger partial charge in [0.1, 0.15) is 5.69 Å². The Balaban J connectivity index is 2.38. The molecule has 0 saturated heterocycles. The summed E-state index contributed by atoms with van der Waals surface area (Å²) in [4.78, 5) is 16.9. The third kappa shape index (κ3) is 2.69. The van der Waals surface area contributed by atoms with E-state index in [-0.39, 0.29) is 5.69 Å². The molecular formula is C14H12N4O. The van der Waals surface area contributed by atoms with Gasteiger partial charge < -0.3 is 10.6 Å². The average Bonchev–Trinajstić information content (AvgIpc) is 2.46. The maximum Gasteiger partial charge on any atom is 0.267 e. The molecule has 0 saturated carbocycles. The molecule has 2 rings (SSSR count). The van der Waals surface area contributed by atoms with Crippen LogP contribution in [0.5, 0.6) is 0 Å². The maximum absolute atomic E-state index is 11.1. The Morgan fingerprint density at radius 3 is 2.74 bits per heavy atom. The minimum Gasteiger partial charge on any atom is -0.364 e. The molecule has 0 spiro atoms. The number of amides is 1. The van der Waals surface area contributed by atoms with Gasteiger partial charge in [-0.1, -0.05) is 6.07 Å². The average molecular weight is 252 g/mol. The molecule has 19 heavy (non-hydrogen) atoms. The molecule has 0 radical (unpaired) electrons. The van der Waals surface area contributed by atoms with Crippen LogP contribution < -0.4 is 10.6 Å². The molecule has 0 fully saturated rings. The lowest BCUT2D eigenvalue weighted by Gasteiger charge is -2.19. The summed E-state index contributed by atoms with van der Waals surface area (Å²) in [6.07, 6.45) is 1.53. The van der Waals surface area contributed by atoms with Crippen LogP contribution in [0.2, 0.25) is 0 Å². The second-order valence-electron chi connectivity index (χ2n) is 3.98. The molecule has 0 atom stereocenters. The highest BCUT2D eigenvalue weighted by Gasteiger charge is 2.08. The largest absolute Gasteiger partial charge is 0.364 e. The van der Waals surface area contributed by atoms with Crippen molar-refractivity contribution in [1.82, 2.24) is 4.98 Å². The normalized spacial score (nSPS) is 9.68. The molecule has 0 aliphatic heterocycles. The second kappa shape index (κ2) is 5.19. The second-order valence-corrected chi connectivity index (χ2v) is 3.98. The Morgan fingerprint density at radius 2 is 2.05 bits per heavy atom. The van der Waals surface area contributed by atoms with Crippen molar-refractivity contribution in [3.63, 3.8) is 0 Å². The van der Waals surface area contributed by atoms with Gasteiger partial charge in [-0.05, 0) is 30.3 Å². The minimum atomic E-state index is -0.568. The van der Waals surface area contributed by atoms with Gasteiger partial charge in [0.05, 0.1) is 11.6 Å². The Kier molecular flexibility index (Phi) is 3.44. The first-order valence-electron chi connectivity index (χ1n) is 5.61. The molecule has 2 aromatic rings. The minimum absolute atomic E-state index is 0.209. The fourth-order valence-corrected chi connectivity index (χ4v) is 1.70. The molecule has 0 aliphatic carbocycles. The number of nitrogens with two attached hydrogens (primary N) is 1. The molecule has 1 aromatic carbocycles. The van der Waals surface area contributed by atoms with Crippen molar-refractivity contribution >= 4 is 17.3 Å². The van der Waals surface area contributed by atoms with Crippen LogP contribution in [-0.2, 0) is 0 Å². The molecule has 94 valence electrons. The van der Waals surface area contributed by atoms with Gasteiger partial charge in [0.25, 0.3) is 5.91 Å². The first-order chi connectivity index (χ1) is 9.11. The Hall–Kier alpha value is -2.87. The van der Waals surface area contributed by atoms with E-state index in [2.05, 4.69) is 11.1 Å². The monoisotopic (exact) mass is 252 g/mol. The molecule has 0 unspecified atom stereocenters. The number of anilines is 2. The lowest BCUT2D eigenvalue weighted by molar-refractivity contribution is 0.0995. The van der Waals surface area contributed by atoms with Gasteiger partial charge >= 0.3 is 0 Å². The van der Waals surface area contributed by atoms with Crippen LogP contribution in [0.25, 0.3) is 0 Å². The van der Waals surface area contributed by atoms with Crippen LogP contribution >= 0.6 is 0 Å². The number of pyridine rings is 1. The SMILES string of the molecule is CN(c1cccc(C#N)c1)c1ccnc(C(N)=O)c1. The van der Waals surface area contributed by atoms with E-state index in [0.717, 1.165) is 11.4 Å². The standard InChI is InChI=1S/C14H12N4O/c1-18(11-4-2-3-10(7-11)9-15)12-5-6-17-13(8-12)14(16)19/h2-8H,1H3,(H2,16,19). The molecule has 0 bridgehead atoms. The van der Waals surface area contributed by atoms with Crippen molar-refractivity contribution in [2.75, 3.05) is 11.9 Å². The topological polar surface area (TPSA) is 83.0 Å². The van der Waals surface area contributed by atoms with Crippen LogP contribution in [0.4, 0.5) is 11.4 Å². The smallest absolute Gasteiger partial charge is 0.267 e. The zero-order valence-electron chi connectivity index (χ0n) is 10.4. The number of rotatable bonds is 3. The summed E-state index contributed by atoms with van der Waals surface area (Å²) in [5, 5.41) is 8.89. The summed E-state index contributed by atoms with van der Waals surface area (Å²) in [5.74, 6) is -0.568. The van der Waals surface area contributed by atoms with Gasteiger partial charge in [0.15, 0.2) is 0 Å². The number of primary amides is 1. The molecular weight excluding hydrogens is 240 g/mol. The van der Waals surface area contributed by atoms with Crippen molar-refractivity contribution in [2.24, 2.45) is 5.73 Å². The van der Waals surface area contributed by atoms with Gasteiger partial charge in [-0.2, -0.15) is 5.26 Å². The lowest BCUT2D eigenvalue weighted by Crippen LogP contribution is -2.15. The molecule has 1 heterocycles. The quantitative estimate of drug-likeness (QED) is 0.903. The Bertz CT molecular complexity index is 660. The zero-order chi connectivity index (χ0) is 13.8. The molecule has 5 heteroatoms. The van der Waals surface area contributed by atoms with Crippen molar-refractivity contribution in [1.29, 1.82) is 5.26 Å². The summed E-state index contributed by atoms with van der Waals surface area (Å²) in [6, 6.07) is 12.7. The third-order valence-corrected chi connectivity index (χ3v) is 2.75. The van der Waals surface area contributed by atoms with Gasteiger partial charge in [0.2, 0.25) is 0 Å². The molecule has 1 aromatic heterocycles. The van der Waals surface area contributed by atoms with E-state index in [0.29, 0.717) is 5.56 Å². The molecule has 2 N–H and O–H groups in total.